The minimum Gasteiger partial charge on any atom is -0.376 e. The van der Waals surface area contributed by atoms with Gasteiger partial charge in [-0.05, 0) is 31.9 Å². The Hall–Kier alpha value is -0.970. The van der Waals surface area contributed by atoms with Crippen molar-refractivity contribution in [1.29, 1.82) is 0 Å². The molecule has 0 saturated carbocycles. The van der Waals surface area contributed by atoms with Crippen molar-refractivity contribution in [3.05, 3.63) is 30.1 Å². The summed E-state index contributed by atoms with van der Waals surface area (Å²) >= 11 is 0. The van der Waals surface area contributed by atoms with Gasteiger partial charge in [-0.2, -0.15) is 0 Å². The maximum Gasteiger partial charge on any atom is 0.0677 e. The molecule has 1 aromatic heterocycles. The van der Waals surface area contributed by atoms with E-state index in [2.05, 4.69) is 36.7 Å². The molecule has 0 amide bonds. The van der Waals surface area contributed by atoms with Gasteiger partial charge < -0.3 is 10.5 Å². The lowest BCUT2D eigenvalue weighted by atomic mass is 9.96. The van der Waals surface area contributed by atoms with Crippen molar-refractivity contribution in [2.45, 2.75) is 57.8 Å². The van der Waals surface area contributed by atoms with Crippen LogP contribution in [0.4, 0.5) is 0 Å². The molecule has 4 heteroatoms. The third-order valence-corrected chi connectivity index (χ3v) is 4.21. The van der Waals surface area contributed by atoms with Gasteiger partial charge in [0.25, 0.3) is 0 Å². The maximum absolute atomic E-state index is 6.42. The highest BCUT2D eigenvalue weighted by Crippen LogP contribution is 2.29. The molecule has 20 heavy (non-hydrogen) atoms. The van der Waals surface area contributed by atoms with Gasteiger partial charge in [-0.3, -0.25) is 9.88 Å². The number of nitrogens with two attached hydrogens (primary N) is 1. The van der Waals surface area contributed by atoms with Crippen LogP contribution in [-0.2, 0) is 4.74 Å². The molecule has 0 spiro atoms. The average molecular weight is 277 g/mol. The standard InChI is InChI=1S/C16H27N3O/c1-4-13-11-20-12(3)10-19(13)16(14(17)5-2)15-8-6-7-9-18-15/h6-9,12-14,16H,4-5,10-11,17H2,1-3H3. The Bertz CT molecular complexity index is 398. The predicted molar refractivity (Wildman–Crippen MR) is 81.4 cm³/mol. The van der Waals surface area contributed by atoms with Crippen LogP contribution in [-0.4, -0.2) is 41.2 Å². The normalized spacial score (nSPS) is 27.2. The lowest BCUT2D eigenvalue weighted by molar-refractivity contribution is -0.0778. The summed E-state index contributed by atoms with van der Waals surface area (Å²) in [7, 11) is 0. The van der Waals surface area contributed by atoms with Crippen molar-refractivity contribution in [2.24, 2.45) is 5.73 Å². The summed E-state index contributed by atoms with van der Waals surface area (Å²) in [6, 6.07) is 6.80. The first-order chi connectivity index (χ1) is 9.67. The fraction of sp³-hybridized carbons (Fsp3) is 0.688. The number of pyridine rings is 1. The summed E-state index contributed by atoms with van der Waals surface area (Å²) in [6.07, 6.45) is 4.14. The van der Waals surface area contributed by atoms with E-state index in [0.29, 0.717) is 6.04 Å². The molecule has 1 aliphatic heterocycles. The lowest BCUT2D eigenvalue weighted by Crippen LogP contribution is -2.54. The van der Waals surface area contributed by atoms with Crippen LogP contribution in [0.2, 0.25) is 0 Å². The topological polar surface area (TPSA) is 51.4 Å². The summed E-state index contributed by atoms with van der Waals surface area (Å²) in [5.74, 6) is 0. The first-order valence-corrected chi connectivity index (χ1v) is 7.71. The van der Waals surface area contributed by atoms with E-state index in [1.807, 2.05) is 18.3 Å². The first kappa shape index (κ1) is 15.4. The van der Waals surface area contributed by atoms with Crippen molar-refractivity contribution in [1.82, 2.24) is 9.88 Å². The quantitative estimate of drug-likeness (QED) is 0.897. The molecule has 1 fully saturated rings. The van der Waals surface area contributed by atoms with Crippen molar-refractivity contribution in [3.63, 3.8) is 0 Å². The zero-order valence-electron chi connectivity index (χ0n) is 12.8. The number of nitrogens with zero attached hydrogens (tertiary/aromatic N) is 2. The molecule has 4 unspecified atom stereocenters. The SMILES string of the molecule is CCC(N)C(c1ccccn1)N1CC(C)OCC1CC. The van der Waals surface area contributed by atoms with Gasteiger partial charge in [0.05, 0.1) is 24.4 Å². The van der Waals surface area contributed by atoms with Gasteiger partial charge in [0.1, 0.15) is 0 Å². The van der Waals surface area contributed by atoms with Gasteiger partial charge in [-0.15, -0.1) is 0 Å². The van der Waals surface area contributed by atoms with Crippen molar-refractivity contribution < 1.29 is 4.74 Å². The van der Waals surface area contributed by atoms with Crippen LogP contribution < -0.4 is 5.73 Å². The lowest BCUT2D eigenvalue weighted by Gasteiger charge is -2.44. The second-order valence-electron chi connectivity index (χ2n) is 5.67. The molecule has 2 rings (SSSR count). The molecule has 1 aromatic rings. The Kier molecular flexibility index (Phi) is 5.52. The number of aromatic nitrogens is 1. The molecular weight excluding hydrogens is 250 g/mol. The minimum absolute atomic E-state index is 0.101. The molecule has 0 bridgehead atoms. The molecule has 4 nitrogen and oxygen atoms in total. The van der Waals surface area contributed by atoms with E-state index in [9.17, 15) is 0 Å². The number of hydrogen-bond donors (Lipinski definition) is 1. The summed E-state index contributed by atoms with van der Waals surface area (Å²) in [5.41, 5.74) is 7.50. The van der Waals surface area contributed by atoms with Gasteiger partial charge in [-0.1, -0.05) is 19.9 Å². The fourth-order valence-corrected chi connectivity index (χ4v) is 2.97. The highest BCUT2D eigenvalue weighted by Gasteiger charge is 2.35. The Morgan fingerprint density at radius 2 is 2.25 bits per heavy atom. The molecule has 0 aliphatic carbocycles. The van der Waals surface area contributed by atoms with Crippen LogP contribution in [0.3, 0.4) is 0 Å². The van der Waals surface area contributed by atoms with E-state index in [1.165, 1.54) is 0 Å². The highest BCUT2D eigenvalue weighted by atomic mass is 16.5. The van der Waals surface area contributed by atoms with E-state index in [4.69, 9.17) is 10.5 Å². The van der Waals surface area contributed by atoms with E-state index >= 15 is 0 Å². The molecule has 0 aromatic carbocycles. The van der Waals surface area contributed by atoms with Crippen LogP contribution in [0.5, 0.6) is 0 Å². The molecular formula is C16H27N3O. The van der Waals surface area contributed by atoms with Gasteiger partial charge >= 0.3 is 0 Å². The smallest absolute Gasteiger partial charge is 0.0677 e. The Balaban J connectivity index is 2.29. The molecule has 2 N–H and O–H groups in total. The van der Waals surface area contributed by atoms with Gasteiger partial charge in [-0.25, -0.2) is 0 Å². The van der Waals surface area contributed by atoms with Gasteiger partial charge in [0.15, 0.2) is 0 Å². The monoisotopic (exact) mass is 277 g/mol. The number of ether oxygens (including phenoxy) is 1. The van der Waals surface area contributed by atoms with E-state index in [0.717, 1.165) is 31.7 Å². The molecule has 2 heterocycles. The summed E-state index contributed by atoms with van der Waals surface area (Å²) in [5, 5.41) is 0. The molecule has 4 atom stereocenters. The average Bonchev–Trinajstić information content (AvgIpc) is 2.48. The molecule has 112 valence electrons. The third-order valence-electron chi connectivity index (χ3n) is 4.21. The van der Waals surface area contributed by atoms with Gasteiger partial charge in [0, 0.05) is 24.8 Å². The Morgan fingerprint density at radius 1 is 1.45 bits per heavy atom. The first-order valence-electron chi connectivity index (χ1n) is 7.71. The number of morpholine rings is 1. The Morgan fingerprint density at radius 3 is 2.85 bits per heavy atom. The van der Waals surface area contributed by atoms with Crippen LogP contribution in [0.1, 0.15) is 45.3 Å². The van der Waals surface area contributed by atoms with Crippen LogP contribution in [0.25, 0.3) is 0 Å². The van der Waals surface area contributed by atoms with Crippen molar-refractivity contribution in [3.8, 4) is 0 Å². The predicted octanol–water partition coefficient (Wildman–Crippen LogP) is 2.36. The third kappa shape index (κ3) is 3.37. The van der Waals surface area contributed by atoms with Crippen LogP contribution in [0.15, 0.2) is 24.4 Å². The molecule has 0 radical (unpaired) electrons. The van der Waals surface area contributed by atoms with E-state index < -0.39 is 0 Å². The summed E-state index contributed by atoms with van der Waals surface area (Å²) < 4.78 is 5.81. The molecule has 1 saturated heterocycles. The van der Waals surface area contributed by atoms with E-state index in [-0.39, 0.29) is 18.2 Å². The Labute approximate surface area is 122 Å². The largest absolute Gasteiger partial charge is 0.376 e. The zero-order valence-corrected chi connectivity index (χ0v) is 12.8. The summed E-state index contributed by atoms with van der Waals surface area (Å²) in [6.45, 7) is 8.20. The molecule has 1 aliphatic rings. The highest BCUT2D eigenvalue weighted by molar-refractivity contribution is 5.12. The maximum atomic E-state index is 6.42. The minimum atomic E-state index is 0.101. The number of hydrogen-bond acceptors (Lipinski definition) is 4. The van der Waals surface area contributed by atoms with Crippen molar-refractivity contribution in [2.75, 3.05) is 13.2 Å². The second-order valence-corrected chi connectivity index (χ2v) is 5.67. The van der Waals surface area contributed by atoms with Gasteiger partial charge in [0.2, 0.25) is 0 Å². The van der Waals surface area contributed by atoms with E-state index in [1.54, 1.807) is 0 Å². The zero-order chi connectivity index (χ0) is 14.5. The van der Waals surface area contributed by atoms with Crippen LogP contribution >= 0.6 is 0 Å². The van der Waals surface area contributed by atoms with Crippen molar-refractivity contribution >= 4 is 0 Å². The fourth-order valence-electron chi connectivity index (χ4n) is 2.97. The summed E-state index contributed by atoms with van der Waals surface area (Å²) in [4.78, 5) is 7.06. The second kappa shape index (κ2) is 7.16. The number of rotatable bonds is 5. The van der Waals surface area contributed by atoms with Crippen LogP contribution in [0, 0.1) is 0 Å².